The normalized spacial score (nSPS) is 21.7. The first-order valence-electron chi connectivity index (χ1n) is 6.23. The average molecular weight is 228 g/mol. The standard InChI is InChI=1S/C13H24O3/c1-13(2,3)16-10-9-15-8-7-11-5-4-6-12(11)14/h11H,4-10H2,1-3H3. The first-order valence-corrected chi connectivity index (χ1v) is 6.23. The highest BCUT2D eigenvalue weighted by Gasteiger charge is 2.23. The summed E-state index contributed by atoms with van der Waals surface area (Å²) in [5.74, 6) is 0.693. The van der Waals surface area contributed by atoms with Crippen molar-refractivity contribution in [3.63, 3.8) is 0 Å². The first kappa shape index (κ1) is 13.7. The molecule has 0 saturated heterocycles. The van der Waals surface area contributed by atoms with Crippen LogP contribution in [0.25, 0.3) is 0 Å². The molecular weight excluding hydrogens is 204 g/mol. The Kier molecular flexibility index (Phi) is 5.42. The van der Waals surface area contributed by atoms with Gasteiger partial charge in [0, 0.05) is 18.9 Å². The van der Waals surface area contributed by atoms with Crippen molar-refractivity contribution in [2.24, 2.45) is 5.92 Å². The van der Waals surface area contributed by atoms with Crippen molar-refractivity contribution < 1.29 is 14.3 Å². The van der Waals surface area contributed by atoms with E-state index in [0.29, 0.717) is 25.6 Å². The van der Waals surface area contributed by atoms with Crippen molar-refractivity contribution in [1.82, 2.24) is 0 Å². The van der Waals surface area contributed by atoms with E-state index in [1.165, 1.54) is 0 Å². The fourth-order valence-electron chi connectivity index (χ4n) is 1.93. The summed E-state index contributed by atoms with van der Waals surface area (Å²) in [7, 11) is 0. The maximum absolute atomic E-state index is 11.3. The van der Waals surface area contributed by atoms with Gasteiger partial charge in [-0.1, -0.05) is 0 Å². The van der Waals surface area contributed by atoms with E-state index in [4.69, 9.17) is 9.47 Å². The predicted octanol–water partition coefficient (Wildman–Crippen LogP) is 2.58. The largest absolute Gasteiger partial charge is 0.379 e. The Morgan fingerprint density at radius 3 is 2.56 bits per heavy atom. The quantitative estimate of drug-likeness (QED) is 0.655. The monoisotopic (exact) mass is 228 g/mol. The molecular formula is C13H24O3. The van der Waals surface area contributed by atoms with Crippen LogP contribution >= 0.6 is 0 Å². The highest BCUT2D eigenvalue weighted by atomic mass is 16.5. The number of ketones is 1. The summed E-state index contributed by atoms with van der Waals surface area (Å²) in [6.07, 6.45) is 3.78. The lowest BCUT2D eigenvalue weighted by Crippen LogP contribution is -2.22. The summed E-state index contributed by atoms with van der Waals surface area (Å²) < 4.78 is 11.0. The Hall–Kier alpha value is -0.410. The summed E-state index contributed by atoms with van der Waals surface area (Å²) in [6.45, 7) is 8.03. The second-order valence-electron chi connectivity index (χ2n) is 5.42. The summed E-state index contributed by atoms with van der Waals surface area (Å²) in [5.41, 5.74) is -0.0925. The molecule has 1 saturated carbocycles. The van der Waals surface area contributed by atoms with Gasteiger partial charge < -0.3 is 9.47 Å². The summed E-state index contributed by atoms with van der Waals surface area (Å²) in [5, 5.41) is 0. The topological polar surface area (TPSA) is 35.5 Å². The number of ether oxygens (including phenoxy) is 2. The van der Waals surface area contributed by atoms with Crippen LogP contribution in [0, 0.1) is 5.92 Å². The lowest BCUT2D eigenvalue weighted by Gasteiger charge is -2.19. The number of carbonyl (C=O) groups excluding carboxylic acids is 1. The average Bonchev–Trinajstić information content (AvgIpc) is 2.56. The van der Waals surface area contributed by atoms with Crippen LogP contribution in [0.2, 0.25) is 0 Å². The van der Waals surface area contributed by atoms with Crippen molar-refractivity contribution in [3.8, 4) is 0 Å². The highest BCUT2D eigenvalue weighted by molar-refractivity contribution is 5.82. The van der Waals surface area contributed by atoms with Gasteiger partial charge in [-0.15, -0.1) is 0 Å². The molecule has 94 valence electrons. The van der Waals surface area contributed by atoms with Crippen molar-refractivity contribution >= 4 is 5.78 Å². The SMILES string of the molecule is CC(C)(C)OCCOCCC1CCCC1=O. The van der Waals surface area contributed by atoms with Crippen LogP contribution in [0.1, 0.15) is 46.5 Å². The van der Waals surface area contributed by atoms with E-state index in [0.717, 1.165) is 25.7 Å². The molecule has 0 aromatic rings. The van der Waals surface area contributed by atoms with Crippen molar-refractivity contribution in [3.05, 3.63) is 0 Å². The molecule has 3 heteroatoms. The van der Waals surface area contributed by atoms with Crippen LogP contribution < -0.4 is 0 Å². The van der Waals surface area contributed by atoms with E-state index in [9.17, 15) is 4.79 Å². The third kappa shape index (κ3) is 5.61. The van der Waals surface area contributed by atoms with E-state index < -0.39 is 0 Å². The Labute approximate surface area is 98.5 Å². The van der Waals surface area contributed by atoms with E-state index in [2.05, 4.69) is 0 Å². The molecule has 0 N–H and O–H groups in total. The van der Waals surface area contributed by atoms with Crippen LogP contribution in [0.5, 0.6) is 0 Å². The molecule has 0 aromatic heterocycles. The third-order valence-corrected chi connectivity index (χ3v) is 2.80. The Morgan fingerprint density at radius 2 is 2.00 bits per heavy atom. The second kappa shape index (κ2) is 6.36. The molecule has 0 amide bonds. The van der Waals surface area contributed by atoms with Gasteiger partial charge in [0.1, 0.15) is 5.78 Å². The smallest absolute Gasteiger partial charge is 0.136 e. The number of rotatable bonds is 6. The van der Waals surface area contributed by atoms with Crippen LogP contribution in [0.15, 0.2) is 0 Å². The van der Waals surface area contributed by atoms with Crippen molar-refractivity contribution in [2.75, 3.05) is 19.8 Å². The molecule has 1 fully saturated rings. The van der Waals surface area contributed by atoms with Gasteiger partial charge in [0.25, 0.3) is 0 Å². The minimum absolute atomic E-state index is 0.0925. The van der Waals surface area contributed by atoms with Crippen LogP contribution in [0.3, 0.4) is 0 Å². The fraction of sp³-hybridized carbons (Fsp3) is 0.923. The highest BCUT2D eigenvalue weighted by Crippen LogP contribution is 2.23. The summed E-state index contributed by atoms with van der Waals surface area (Å²) >= 11 is 0. The molecule has 16 heavy (non-hydrogen) atoms. The molecule has 0 spiro atoms. The fourth-order valence-corrected chi connectivity index (χ4v) is 1.93. The Morgan fingerprint density at radius 1 is 1.25 bits per heavy atom. The van der Waals surface area contributed by atoms with Gasteiger partial charge in [-0.3, -0.25) is 4.79 Å². The molecule has 1 rings (SSSR count). The predicted molar refractivity (Wildman–Crippen MR) is 63.5 cm³/mol. The second-order valence-corrected chi connectivity index (χ2v) is 5.42. The molecule has 3 nitrogen and oxygen atoms in total. The minimum atomic E-state index is -0.0925. The summed E-state index contributed by atoms with van der Waals surface area (Å²) in [6, 6.07) is 0. The van der Waals surface area contributed by atoms with E-state index in [1.54, 1.807) is 0 Å². The maximum Gasteiger partial charge on any atom is 0.136 e. The molecule has 1 aliphatic rings. The molecule has 1 aliphatic carbocycles. The van der Waals surface area contributed by atoms with Crippen molar-refractivity contribution in [1.29, 1.82) is 0 Å². The van der Waals surface area contributed by atoms with Crippen LogP contribution in [-0.4, -0.2) is 31.2 Å². The first-order chi connectivity index (χ1) is 7.49. The molecule has 0 aliphatic heterocycles. The third-order valence-electron chi connectivity index (χ3n) is 2.80. The number of Topliss-reactive ketones (excluding diaryl/α,β-unsaturated/α-hetero) is 1. The van der Waals surface area contributed by atoms with Crippen LogP contribution in [0.4, 0.5) is 0 Å². The van der Waals surface area contributed by atoms with Gasteiger partial charge in [0.15, 0.2) is 0 Å². The van der Waals surface area contributed by atoms with Gasteiger partial charge in [-0.05, 0) is 40.0 Å². The number of hydrogen-bond donors (Lipinski definition) is 0. The van der Waals surface area contributed by atoms with Gasteiger partial charge >= 0.3 is 0 Å². The molecule has 1 unspecified atom stereocenters. The van der Waals surface area contributed by atoms with E-state index in [1.807, 2.05) is 20.8 Å². The molecule has 0 aromatic carbocycles. The van der Waals surface area contributed by atoms with Gasteiger partial charge in [0.2, 0.25) is 0 Å². The molecule has 0 radical (unpaired) electrons. The number of hydrogen-bond acceptors (Lipinski definition) is 3. The zero-order chi connectivity index (χ0) is 12.0. The zero-order valence-electron chi connectivity index (χ0n) is 10.8. The van der Waals surface area contributed by atoms with Crippen molar-refractivity contribution in [2.45, 2.75) is 52.1 Å². The van der Waals surface area contributed by atoms with Gasteiger partial charge in [-0.25, -0.2) is 0 Å². The molecule has 1 atom stereocenters. The Bertz CT molecular complexity index is 218. The lowest BCUT2D eigenvalue weighted by molar-refractivity contribution is -0.121. The molecule has 0 heterocycles. The van der Waals surface area contributed by atoms with Crippen LogP contribution in [-0.2, 0) is 14.3 Å². The minimum Gasteiger partial charge on any atom is -0.379 e. The summed E-state index contributed by atoms with van der Waals surface area (Å²) in [4.78, 5) is 11.3. The van der Waals surface area contributed by atoms with E-state index in [-0.39, 0.29) is 11.5 Å². The van der Waals surface area contributed by atoms with E-state index >= 15 is 0 Å². The lowest BCUT2D eigenvalue weighted by atomic mass is 10.0. The Balaban J connectivity index is 1.94. The van der Waals surface area contributed by atoms with Gasteiger partial charge in [-0.2, -0.15) is 0 Å². The van der Waals surface area contributed by atoms with Gasteiger partial charge in [0.05, 0.1) is 18.8 Å². The maximum atomic E-state index is 11.3. The molecule has 0 bridgehead atoms. The number of carbonyl (C=O) groups is 1. The zero-order valence-corrected chi connectivity index (χ0v) is 10.8.